The molecule has 2 unspecified atom stereocenters. The fourth-order valence-corrected chi connectivity index (χ4v) is 3.72. The zero-order valence-electron chi connectivity index (χ0n) is 23.0. The molecule has 0 spiro atoms. The molecule has 1 aromatic rings. The highest BCUT2D eigenvalue weighted by molar-refractivity contribution is 5.93. The Kier molecular flexibility index (Phi) is 12.4. The lowest BCUT2D eigenvalue weighted by atomic mass is 9.95. The van der Waals surface area contributed by atoms with Crippen LogP contribution in [0.2, 0.25) is 0 Å². The van der Waals surface area contributed by atoms with E-state index in [1.807, 2.05) is 32.0 Å². The number of ether oxygens (including phenoxy) is 2. The van der Waals surface area contributed by atoms with E-state index in [0.29, 0.717) is 18.5 Å². The number of benzene rings is 1. The maximum atomic E-state index is 13.7. The van der Waals surface area contributed by atoms with Crippen LogP contribution in [0.25, 0.3) is 0 Å². The van der Waals surface area contributed by atoms with Gasteiger partial charge in [0, 0.05) is 6.54 Å². The summed E-state index contributed by atoms with van der Waals surface area (Å²) in [6, 6.07) is 3.64. The van der Waals surface area contributed by atoms with Crippen molar-refractivity contribution in [1.29, 1.82) is 0 Å². The van der Waals surface area contributed by atoms with Gasteiger partial charge in [-0.15, -0.1) is 0 Å². The van der Waals surface area contributed by atoms with Crippen LogP contribution in [-0.2, 0) is 23.9 Å². The van der Waals surface area contributed by atoms with Crippen molar-refractivity contribution in [2.45, 2.75) is 91.8 Å². The van der Waals surface area contributed by atoms with Gasteiger partial charge in [-0.2, -0.15) is 0 Å². The standard InChI is InChI=1S/C27H43N3O6/c1-9-10-11-12-16-30(25(33)20(4)29-26(34)36-27(5,6)7)23(24(32)28-17-22(31)35-8)21-15-13-14-18(2)19(21)3/h13-15,20,23H,9-12,16-17H2,1-8H3,(H,28,32)(H,29,34). The van der Waals surface area contributed by atoms with Crippen LogP contribution in [0.4, 0.5) is 4.79 Å². The maximum absolute atomic E-state index is 13.7. The molecule has 9 nitrogen and oxygen atoms in total. The van der Waals surface area contributed by atoms with E-state index in [2.05, 4.69) is 22.3 Å². The van der Waals surface area contributed by atoms with Gasteiger partial charge < -0.3 is 25.0 Å². The molecule has 0 saturated carbocycles. The summed E-state index contributed by atoms with van der Waals surface area (Å²) >= 11 is 0. The summed E-state index contributed by atoms with van der Waals surface area (Å²) in [4.78, 5) is 52.7. The van der Waals surface area contributed by atoms with E-state index in [0.717, 1.165) is 30.4 Å². The Morgan fingerprint density at radius 2 is 1.72 bits per heavy atom. The molecule has 0 bridgehead atoms. The average molecular weight is 506 g/mol. The summed E-state index contributed by atoms with van der Waals surface area (Å²) in [6.45, 7) is 12.7. The Morgan fingerprint density at radius 3 is 2.31 bits per heavy atom. The van der Waals surface area contributed by atoms with Crippen molar-refractivity contribution >= 4 is 23.9 Å². The lowest BCUT2D eigenvalue weighted by Gasteiger charge is -2.34. The van der Waals surface area contributed by atoms with Crippen molar-refractivity contribution in [3.05, 3.63) is 34.9 Å². The highest BCUT2D eigenvalue weighted by Crippen LogP contribution is 2.28. The molecule has 2 atom stereocenters. The van der Waals surface area contributed by atoms with Gasteiger partial charge in [0.1, 0.15) is 24.2 Å². The fourth-order valence-electron chi connectivity index (χ4n) is 3.72. The first-order valence-corrected chi connectivity index (χ1v) is 12.5. The third-order valence-electron chi connectivity index (χ3n) is 5.78. The Balaban J connectivity index is 3.39. The molecule has 9 heteroatoms. The third-order valence-corrected chi connectivity index (χ3v) is 5.78. The smallest absolute Gasteiger partial charge is 0.408 e. The minimum Gasteiger partial charge on any atom is -0.468 e. The van der Waals surface area contributed by atoms with Gasteiger partial charge in [0.25, 0.3) is 0 Å². The minimum absolute atomic E-state index is 0.308. The van der Waals surface area contributed by atoms with Crippen molar-refractivity contribution in [2.75, 3.05) is 20.2 Å². The summed E-state index contributed by atoms with van der Waals surface area (Å²) in [5.41, 5.74) is 1.78. The summed E-state index contributed by atoms with van der Waals surface area (Å²) in [6.07, 6.45) is 2.87. The van der Waals surface area contributed by atoms with E-state index in [-0.39, 0.29) is 6.54 Å². The van der Waals surface area contributed by atoms with Crippen LogP contribution in [0.3, 0.4) is 0 Å². The van der Waals surface area contributed by atoms with E-state index in [1.165, 1.54) is 12.0 Å². The first-order chi connectivity index (χ1) is 16.8. The molecule has 0 aliphatic rings. The molecular weight excluding hydrogens is 462 g/mol. The van der Waals surface area contributed by atoms with Gasteiger partial charge in [0.2, 0.25) is 11.8 Å². The van der Waals surface area contributed by atoms with Gasteiger partial charge >= 0.3 is 12.1 Å². The fraction of sp³-hybridized carbons (Fsp3) is 0.630. The van der Waals surface area contributed by atoms with Crippen molar-refractivity contribution in [1.82, 2.24) is 15.5 Å². The van der Waals surface area contributed by atoms with Gasteiger partial charge in [0.15, 0.2) is 0 Å². The van der Waals surface area contributed by atoms with Crippen molar-refractivity contribution in [2.24, 2.45) is 0 Å². The molecule has 0 aliphatic carbocycles. The van der Waals surface area contributed by atoms with Crippen LogP contribution in [0.1, 0.15) is 83.0 Å². The summed E-state index contributed by atoms with van der Waals surface area (Å²) in [7, 11) is 1.24. The topological polar surface area (TPSA) is 114 Å². The van der Waals surface area contributed by atoms with Crippen LogP contribution in [-0.4, -0.2) is 60.6 Å². The highest BCUT2D eigenvalue weighted by Gasteiger charge is 2.35. The van der Waals surface area contributed by atoms with Crippen LogP contribution in [0.15, 0.2) is 18.2 Å². The Bertz CT molecular complexity index is 909. The number of methoxy groups -OCH3 is 1. The van der Waals surface area contributed by atoms with Crippen LogP contribution in [0.5, 0.6) is 0 Å². The van der Waals surface area contributed by atoms with Gasteiger partial charge in [-0.3, -0.25) is 14.4 Å². The average Bonchev–Trinajstić information content (AvgIpc) is 2.79. The SMILES string of the molecule is CCCCCCN(C(=O)C(C)NC(=O)OC(C)(C)C)C(C(=O)NCC(=O)OC)c1cccc(C)c1C. The van der Waals surface area contributed by atoms with Gasteiger partial charge in [-0.1, -0.05) is 44.4 Å². The largest absolute Gasteiger partial charge is 0.468 e. The molecule has 2 N–H and O–H groups in total. The zero-order chi connectivity index (χ0) is 27.5. The Hall–Kier alpha value is -3.10. The number of rotatable bonds is 12. The number of carbonyl (C=O) groups excluding carboxylic acids is 4. The van der Waals surface area contributed by atoms with Crippen LogP contribution in [0, 0.1) is 13.8 Å². The molecule has 36 heavy (non-hydrogen) atoms. The van der Waals surface area contributed by atoms with Crippen LogP contribution < -0.4 is 10.6 Å². The first kappa shape index (κ1) is 30.9. The zero-order valence-corrected chi connectivity index (χ0v) is 23.0. The second-order valence-electron chi connectivity index (χ2n) is 9.95. The number of nitrogens with one attached hydrogen (secondary N) is 2. The number of carbonyl (C=O) groups is 4. The van der Waals surface area contributed by atoms with E-state index < -0.39 is 41.6 Å². The number of aryl methyl sites for hydroxylation is 1. The summed E-state index contributed by atoms with van der Waals surface area (Å²) in [5.74, 6) is -1.51. The molecule has 0 heterocycles. The Labute approximate surface area is 215 Å². The monoisotopic (exact) mass is 505 g/mol. The Morgan fingerprint density at radius 1 is 1.06 bits per heavy atom. The normalized spacial score (nSPS) is 12.8. The molecule has 0 saturated heterocycles. The molecule has 3 amide bonds. The van der Waals surface area contributed by atoms with Crippen molar-refractivity contribution in [3.8, 4) is 0 Å². The lowest BCUT2D eigenvalue weighted by molar-refractivity contribution is -0.144. The predicted molar refractivity (Wildman–Crippen MR) is 138 cm³/mol. The molecule has 0 fully saturated rings. The number of esters is 1. The third kappa shape index (κ3) is 9.87. The molecular formula is C27H43N3O6. The van der Waals surface area contributed by atoms with Crippen LogP contribution >= 0.6 is 0 Å². The van der Waals surface area contributed by atoms with E-state index in [1.54, 1.807) is 27.7 Å². The van der Waals surface area contributed by atoms with E-state index >= 15 is 0 Å². The number of hydrogen-bond acceptors (Lipinski definition) is 6. The number of unbranched alkanes of at least 4 members (excludes halogenated alkanes) is 3. The molecule has 1 rings (SSSR count). The summed E-state index contributed by atoms with van der Waals surface area (Å²) in [5, 5.41) is 5.20. The van der Waals surface area contributed by atoms with Gasteiger partial charge in [-0.25, -0.2) is 4.79 Å². The quantitative estimate of drug-likeness (QED) is 0.328. The van der Waals surface area contributed by atoms with E-state index in [9.17, 15) is 19.2 Å². The number of alkyl carbamates (subject to hydrolysis) is 1. The lowest BCUT2D eigenvalue weighted by Crippen LogP contribution is -2.52. The molecule has 0 aromatic heterocycles. The predicted octanol–water partition coefficient (Wildman–Crippen LogP) is 3.96. The second kappa shape index (κ2) is 14.5. The molecule has 0 radical (unpaired) electrons. The van der Waals surface area contributed by atoms with Gasteiger partial charge in [-0.05, 0) is 64.7 Å². The van der Waals surface area contributed by atoms with Gasteiger partial charge in [0.05, 0.1) is 7.11 Å². The highest BCUT2D eigenvalue weighted by atomic mass is 16.6. The molecule has 202 valence electrons. The van der Waals surface area contributed by atoms with Crippen molar-refractivity contribution < 1.29 is 28.7 Å². The molecule has 0 aliphatic heterocycles. The number of amides is 3. The minimum atomic E-state index is -0.994. The number of nitrogens with zero attached hydrogens (tertiary/aromatic N) is 1. The van der Waals surface area contributed by atoms with Crippen molar-refractivity contribution in [3.63, 3.8) is 0 Å². The maximum Gasteiger partial charge on any atom is 0.408 e. The molecule has 1 aromatic carbocycles. The number of hydrogen-bond donors (Lipinski definition) is 2. The van der Waals surface area contributed by atoms with E-state index in [4.69, 9.17) is 4.74 Å². The first-order valence-electron chi connectivity index (χ1n) is 12.5. The second-order valence-corrected chi connectivity index (χ2v) is 9.95. The summed E-state index contributed by atoms with van der Waals surface area (Å²) < 4.78 is 9.96.